The van der Waals surface area contributed by atoms with Gasteiger partial charge in [-0.1, -0.05) is 18.6 Å². The zero-order valence-electron chi connectivity index (χ0n) is 12.7. The van der Waals surface area contributed by atoms with E-state index in [9.17, 15) is 4.79 Å². The van der Waals surface area contributed by atoms with Crippen LogP contribution in [0.15, 0.2) is 29.2 Å². The molecule has 1 fully saturated rings. The monoisotopic (exact) mass is 307 g/mol. The molecule has 0 aromatic heterocycles. The molecule has 0 radical (unpaired) electrons. The molecule has 5 heteroatoms. The third-order valence-corrected chi connectivity index (χ3v) is 4.77. The van der Waals surface area contributed by atoms with Gasteiger partial charge in [0.2, 0.25) is 5.91 Å². The minimum absolute atomic E-state index is 0.0698. The van der Waals surface area contributed by atoms with Gasteiger partial charge in [-0.05, 0) is 50.7 Å². The van der Waals surface area contributed by atoms with Crippen LogP contribution < -0.4 is 11.1 Å². The zero-order chi connectivity index (χ0) is 15.1. The highest BCUT2D eigenvalue weighted by Gasteiger charge is 2.23. The Hall–Kier alpha value is -1.04. The van der Waals surface area contributed by atoms with Gasteiger partial charge in [-0.25, -0.2) is 0 Å². The maximum Gasteiger partial charge on any atom is 0.238 e. The highest BCUT2D eigenvalue weighted by atomic mass is 32.2. The van der Waals surface area contributed by atoms with Crippen molar-refractivity contribution in [1.82, 2.24) is 4.90 Å². The second-order valence-electron chi connectivity index (χ2n) is 5.45. The zero-order valence-corrected chi connectivity index (χ0v) is 13.5. The lowest BCUT2D eigenvalue weighted by molar-refractivity contribution is -0.118. The fourth-order valence-corrected chi connectivity index (χ4v) is 3.46. The minimum atomic E-state index is 0.0698. The van der Waals surface area contributed by atoms with E-state index in [1.807, 2.05) is 30.5 Å². The first-order valence-corrected chi connectivity index (χ1v) is 8.84. The van der Waals surface area contributed by atoms with Crippen LogP contribution in [0.1, 0.15) is 25.7 Å². The minimum Gasteiger partial charge on any atom is -0.330 e. The average molecular weight is 307 g/mol. The van der Waals surface area contributed by atoms with Crippen molar-refractivity contribution in [2.75, 3.05) is 31.2 Å². The van der Waals surface area contributed by atoms with E-state index in [0.717, 1.165) is 30.0 Å². The van der Waals surface area contributed by atoms with Crippen molar-refractivity contribution in [2.24, 2.45) is 5.73 Å². The Morgan fingerprint density at radius 1 is 1.43 bits per heavy atom. The Bertz CT molecular complexity index is 465. The van der Waals surface area contributed by atoms with Crippen molar-refractivity contribution in [1.29, 1.82) is 0 Å². The van der Waals surface area contributed by atoms with Gasteiger partial charge in [-0.15, -0.1) is 11.8 Å². The number of nitrogens with zero attached hydrogens (tertiary/aromatic N) is 1. The molecule has 1 amide bonds. The predicted octanol–water partition coefficient (Wildman–Crippen LogP) is 2.55. The van der Waals surface area contributed by atoms with Gasteiger partial charge < -0.3 is 11.1 Å². The van der Waals surface area contributed by atoms with Crippen LogP contribution >= 0.6 is 11.8 Å². The van der Waals surface area contributed by atoms with Crippen LogP contribution in [-0.2, 0) is 4.79 Å². The molecular formula is C16H25N3OS. The van der Waals surface area contributed by atoms with Crippen molar-refractivity contribution >= 4 is 23.4 Å². The molecule has 1 aliphatic rings. The molecule has 1 aliphatic heterocycles. The Labute approximate surface area is 131 Å². The van der Waals surface area contributed by atoms with E-state index in [1.54, 1.807) is 11.8 Å². The van der Waals surface area contributed by atoms with E-state index in [4.69, 9.17) is 5.73 Å². The molecule has 1 unspecified atom stereocenters. The lowest BCUT2D eigenvalue weighted by atomic mass is 9.99. The number of para-hydroxylation sites is 1. The maximum atomic E-state index is 12.3. The number of carbonyl (C=O) groups excluding carboxylic acids is 1. The number of anilines is 1. The summed E-state index contributed by atoms with van der Waals surface area (Å²) in [6.07, 6.45) is 6.58. The molecule has 0 spiro atoms. The molecule has 21 heavy (non-hydrogen) atoms. The van der Waals surface area contributed by atoms with Crippen molar-refractivity contribution in [3.05, 3.63) is 24.3 Å². The van der Waals surface area contributed by atoms with Crippen LogP contribution in [-0.4, -0.2) is 42.7 Å². The number of piperidine rings is 1. The second kappa shape index (κ2) is 8.41. The summed E-state index contributed by atoms with van der Waals surface area (Å²) in [6.45, 7) is 2.16. The number of hydrogen-bond donors (Lipinski definition) is 2. The first-order chi connectivity index (χ1) is 10.2. The SMILES string of the molecule is CSc1ccccc1NC(=O)CN1CCCCC1CCN. The number of benzene rings is 1. The van der Waals surface area contributed by atoms with E-state index < -0.39 is 0 Å². The number of thioether (sulfide) groups is 1. The summed E-state index contributed by atoms with van der Waals surface area (Å²) in [4.78, 5) is 15.7. The fraction of sp³-hybridized carbons (Fsp3) is 0.562. The summed E-state index contributed by atoms with van der Waals surface area (Å²) in [5, 5.41) is 3.04. The third kappa shape index (κ3) is 4.73. The van der Waals surface area contributed by atoms with E-state index in [-0.39, 0.29) is 5.91 Å². The molecule has 2 rings (SSSR count). The molecule has 3 N–H and O–H groups in total. The van der Waals surface area contributed by atoms with Crippen LogP contribution in [0.25, 0.3) is 0 Å². The highest BCUT2D eigenvalue weighted by Crippen LogP contribution is 2.25. The molecule has 1 saturated heterocycles. The standard InChI is InChI=1S/C16H25N3OS/c1-21-15-8-3-2-7-14(15)18-16(20)12-19-11-5-4-6-13(19)9-10-17/h2-3,7-8,13H,4-6,9-12,17H2,1H3,(H,18,20). The van der Waals surface area contributed by atoms with Crippen LogP contribution in [0.5, 0.6) is 0 Å². The topological polar surface area (TPSA) is 58.4 Å². The van der Waals surface area contributed by atoms with Crippen molar-refractivity contribution in [2.45, 2.75) is 36.6 Å². The van der Waals surface area contributed by atoms with E-state index in [0.29, 0.717) is 19.1 Å². The van der Waals surface area contributed by atoms with Crippen LogP contribution in [0.2, 0.25) is 0 Å². The molecule has 0 saturated carbocycles. The summed E-state index contributed by atoms with van der Waals surface area (Å²) in [7, 11) is 0. The molecule has 0 bridgehead atoms. The van der Waals surface area contributed by atoms with Gasteiger partial charge in [0.15, 0.2) is 0 Å². The molecule has 1 aromatic carbocycles. The quantitative estimate of drug-likeness (QED) is 0.793. The summed E-state index contributed by atoms with van der Waals surface area (Å²) in [5.41, 5.74) is 6.59. The van der Waals surface area contributed by atoms with Gasteiger partial charge in [-0.3, -0.25) is 9.69 Å². The molecule has 116 valence electrons. The van der Waals surface area contributed by atoms with Crippen LogP contribution in [0.4, 0.5) is 5.69 Å². The molecule has 1 atom stereocenters. The molecule has 0 aliphatic carbocycles. The normalized spacial score (nSPS) is 19.4. The van der Waals surface area contributed by atoms with Crippen molar-refractivity contribution in [3.63, 3.8) is 0 Å². The number of carbonyl (C=O) groups is 1. The fourth-order valence-electron chi connectivity index (χ4n) is 2.91. The number of amides is 1. The largest absolute Gasteiger partial charge is 0.330 e. The molecule has 1 aromatic rings. The Balaban J connectivity index is 1.94. The summed E-state index contributed by atoms with van der Waals surface area (Å²) >= 11 is 1.65. The first kappa shape index (κ1) is 16.3. The smallest absolute Gasteiger partial charge is 0.238 e. The van der Waals surface area contributed by atoms with Gasteiger partial charge in [0.25, 0.3) is 0 Å². The maximum absolute atomic E-state index is 12.3. The Morgan fingerprint density at radius 2 is 2.24 bits per heavy atom. The Kier molecular flexibility index (Phi) is 6.54. The van der Waals surface area contributed by atoms with Gasteiger partial charge in [0.05, 0.1) is 12.2 Å². The average Bonchev–Trinajstić information content (AvgIpc) is 2.50. The predicted molar refractivity (Wildman–Crippen MR) is 89.7 cm³/mol. The van der Waals surface area contributed by atoms with Gasteiger partial charge in [0, 0.05) is 10.9 Å². The third-order valence-electron chi connectivity index (χ3n) is 3.98. The number of hydrogen-bond acceptors (Lipinski definition) is 4. The van der Waals surface area contributed by atoms with Gasteiger partial charge in [-0.2, -0.15) is 0 Å². The van der Waals surface area contributed by atoms with Gasteiger partial charge in [0.1, 0.15) is 0 Å². The number of likely N-dealkylation sites (tertiary alicyclic amines) is 1. The number of nitrogens with one attached hydrogen (secondary N) is 1. The van der Waals surface area contributed by atoms with Crippen LogP contribution in [0, 0.1) is 0 Å². The van der Waals surface area contributed by atoms with Crippen molar-refractivity contribution in [3.8, 4) is 0 Å². The lowest BCUT2D eigenvalue weighted by Gasteiger charge is -2.35. The molecule has 1 heterocycles. The lowest BCUT2D eigenvalue weighted by Crippen LogP contribution is -2.44. The molecular weight excluding hydrogens is 282 g/mol. The van der Waals surface area contributed by atoms with Crippen molar-refractivity contribution < 1.29 is 4.79 Å². The van der Waals surface area contributed by atoms with Gasteiger partial charge >= 0.3 is 0 Å². The van der Waals surface area contributed by atoms with E-state index >= 15 is 0 Å². The number of nitrogens with two attached hydrogens (primary N) is 1. The number of rotatable bonds is 6. The molecule has 4 nitrogen and oxygen atoms in total. The van der Waals surface area contributed by atoms with Crippen LogP contribution in [0.3, 0.4) is 0 Å². The van der Waals surface area contributed by atoms with E-state index in [2.05, 4.69) is 10.2 Å². The second-order valence-corrected chi connectivity index (χ2v) is 6.29. The summed E-state index contributed by atoms with van der Waals surface area (Å²) in [5.74, 6) is 0.0698. The van der Waals surface area contributed by atoms with E-state index in [1.165, 1.54) is 12.8 Å². The summed E-state index contributed by atoms with van der Waals surface area (Å²) < 4.78 is 0. The first-order valence-electron chi connectivity index (χ1n) is 7.61. The Morgan fingerprint density at radius 3 is 3.00 bits per heavy atom. The summed E-state index contributed by atoms with van der Waals surface area (Å²) in [6, 6.07) is 8.39. The highest BCUT2D eigenvalue weighted by molar-refractivity contribution is 7.98.